The molecule has 0 bridgehead atoms. The summed E-state index contributed by atoms with van der Waals surface area (Å²) >= 11 is 0. The van der Waals surface area contributed by atoms with Gasteiger partial charge in [-0.15, -0.1) is 0 Å². The zero-order chi connectivity index (χ0) is 7.95. The number of hydrogen-bond acceptors (Lipinski definition) is 1. The molecule has 1 nitrogen and oxygen atoms in total. The molecule has 0 aromatic carbocycles. The molecule has 0 aromatic rings. The predicted octanol–water partition coefficient (Wildman–Crippen LogP) is 2.70. The van der Waals surface area contributed by atoms with Gasteiger partial charge >= 0.3 is 0 Å². The van der Waals surface area contributed by atoms with Crippen LogP contribution in [0.2, 0.25) is 0 Å². The van der Waals surface area contributed by atoms with Crippen LogP contribution in [0.4, 0.5) is 8.78 Å². The third kappa shape index (κ3) is 1.26. The smallest absolute Gasteiger partial charge is 0.212 e. The lowest BCUT2D eigenvalue weighted by Gasteiger charge is -2.43. The molecule has 2 saturated carbocycles. The highest BCUT2D eigenvalue weighted by Gasteiger charge is 2.49. The monoisotopic (exact) mass is 162 g/mol. The van der Waals surface area contributed by atoms with Crippen molar-refractivity contribution >= 4 is 0 Å². The molecular formula is C8H12F2O. The van der Waals surface area contributed by atoms with Crippen molar-refractivity contribution in [3.8, 4) is 0 Å². The Labute approximate surface area is 64.7 Å². The van der Waals surface area contributed by atoms with Gasteiger partial charge < -0.3 is 4.74 Å². The first-order valence-corrected chi connectivity index (χ1v) is 4.20. The van der Waals surface area contributed by atoms with Crippen LogP contribution in [-0.2, 0) is 4.74 Å². The summed E-state index contributed by atoms with van der Waals surface area (Å²) in [6.45, 7) is 0. The van der Waals surface area contributed by atoms with Crippen molar-refractivity contribution in [1.29, 1.82) is 0 Å². The Bertz CT molecular complexity index is 143. The fraction of sp³-hybridized carbons (Fsp3) is 1.00. The molecular weight excluding hydrogens is 150 g/mol. The summed E-state index contributed by atoms with van der Waals surface area (Å²) in [7, 11) is 0. The third-order valence-electron chi connectivity index (χ3n) is 2.57. The molecule has 0 saturated heterocycles. The highest BCUT2D eigenvalue weighted by Crippen LogP contribution is 2.46. The van der Waals surface area contributed by atoms with Crippen LogP contribution in [0, 0.1) is 0 Å². The average molecular weight is 162 g/mol. The molecule has 11 heavy (non-hydrogen) atoms. The summed E-state index contributed by atoms with van der Waals surface area (Å²) in [4.78, 5) is 0. The quantitative estimate of drug-likeness (QED) is 0.606. The van der Waals surface area contributed by atoms with Crippen LogP contribution < -0.4 is 0 Å². The minimum atomic E-state index is -1.62. The van der Waals surface area contributed by atoms with E-state index in [4.69, 9.17) is 4.74 Å². The van der Waals surface area contributed by atoms with Crippen molar-refractivity contribution in [3.05, 3.63) is 0 Å². The second-order valence-corrected chi connectivity index (χ2v) is 3.58. The van der Waals surface area contributed by atoms with E-state index >= 15 is 0 Å². The molecule has 0 atom stereocenters. The highest BCUT2D eigenvalue weighted by atomic mass is 19.2. The Morgan fingerprint density at radius 1 is 0.818 bits per heavy atom. The molecule has 0 N–H and O–H groups in total. The Morgan fingerprint density at radius 3 is 1.36 bits per heavy atom. The van der Waals surface area contributed by atoms with Crippen molar-refractivity contribution in [2.24, 2.45) is 0 Å². The van der Waals surface area contributed by atoms with Gasteiger partial charge in [0.25, 0.3) is 0 Å². The minimum absolute atomic E-state index is 0.374. The maximum absolute atomic E-state index is 13.2. The SMILES string of the molecule is FC1(OC2(F)CCC2)CCC1. The number of halogens is 2. The van der Waals surface area contributed by atoms with Crippen LogP contribution in [-0.4, -0.2) is 11.7 Å². The van der Waals surface area contributed by atoms with Gasteiger partial charge in [-0.1, -0.05) is 0 Å². The minimum Gasteiger partial charge on any atom is -0.309 e. The Hall–Kier alpha value is -0.180. The summed E-state index contributed by atoms with van der Waals surface area (Å²) in [5.74, 6) is -3.23. The van der Waals surface area contributed by atoms with Crippen LogP contribution in [0.15, 0.2) is 0 Å². The van der Waals surface area contributed by atoms with Crippen molar-refractivity contribution in [1.82, 2.24) is 0 Å². The first-order valence-electron chi connectivity index (χ1n) is 4.20. The maximum atomic E-state index is 13.2. The molecule has 0 aromatic heterocycles. The summed E-state index contributed by atoms with van der Waals surface area (Å²) in [6.07, 6.45) is 3.15. The molecule has 0 amide bonds. The Kier molecular flexibility index (Phi) is 1.46. The van der Waals surface area contributed by atoms with Crippen LogP contribution in [0.25, 0.3) is 0 Å². The van der Waals surface area contributed by atoms with E-state index in [2.05, 4.69) is 0 Å². The van der Waals surface area contributed by atoms with Gasteiger partial charge in [0.15, 0.2) is 0 Å². The number of hydrogen-bond donors (Lipinski definition) is 0. The zero-order valence-electron chi connectivity index (χ0n) is 6.41. The molecule has 0 heterocycles. The lowest BCUT2D eigenvalue weighted by Crippen LogP contribution is -2.47. The number of rotatable bonds is 2. The normalized spacial score (nSPS) is 32.2. The zero-order valence-corrected chi connectivity index (χ0v) is 6.41. The lowest BCUT2D eigenvalue weighted by molar-refractivity contribution is -0.324. The van der Waals surface area contributed by atoms with E-state index in [1.54, 1.807) is 0 Å². The molecule has 2 aliphatic rings. The van der Waals surface area contributed by atoms with Crippen molar-refractivity contribution in [3.63, 3.8) is 0 Å². The number of alkyl halides is 2. The topological polar surface area (TPSA) is 9.23 Å². The first kappa shape index (κ1) is 7.47. The molecule has 2 fully saturated rings. The summed E-state index contributed by atoms with van der Waals surface area (Å²) in [5, 5.41) is 0. The second kappa shape index (κ2) is 2.16. The Morgan fingerprint density at radius 2 is 1.18 bits per heavy atom. The third-order valence-corrected chi connectivity index (χ3v) is 2.57. The van der Waals surface area contributed by atoms with E-state index in [0.717, 1.165) is 12.8 Å². The van der Waals surface area contributed by atoms with Crippen LogP contribution in [0.1, 0.15) is 38.5 Å². The van der Waals surface area contributed by atoms with E-state index in [0.29, 0.717) is 25.7 Å². The van der Waals surface area contributed by atoms with Crippen molar-refractivity contribution < 1.29 is 13.5 Å². The summed E-state index contributed by atoms with van der Waals surface area (Å²) in [5.41, 5.74) is 0. The van der Waals surface area contributed by atoms with Gasteiger partial charge in [-0.05, 0) is 12.8 Å². The second-order valence-electron chi connectivity index (χ2n) is 3.58. The number of ether oxygens (including phenoxy) is 1. The standard InChI is InChI=1S/C8H12F2O/c9-7(3-1-4-7)11-8(10)5-2-6-8/h1-6H2. The van der Waals surface area contributed by atoms with Crippen molar-refractivity contribution in [2.45, 2.75) is 50.2 Å². The molecule has 2 aliphatic carbocycles. The van der Waals surface area contributed by atoms with Gasteiger partial charge in [0, 0.05) is 25.7 Å². The van der Waals surface area contributed by atoms with Gasteiger partial charge in [0.05, 0.1) is 0 Å². The summed E-state index contributed by atoms with van der Waals surface area (Å²) in [6, 6.07) is 0. The van der Waals surface area contributed by atoms with Gasteiger partial charge in [-0.3, -0.25) is 0 Å². The molecule has 3 heteroatoms. The van der Waals surface area contributed by atoms with E-state index < -0.39 is 11.7 Å². The van der Waals surface area contributed by atoms with Gasteiger partial charge in [0.2, 0.25) is 11.7 Å². The molecule has 0 radical (unpaired) electrons. The maximum Gasteiger partial charge on any atom is 0.212 e. The molecule has 64 valence electrons. The largest absolute Gasteiger partial charge is 0.309 e. The fourth-order valence-electron chi connectivity index (χ4n) is 1.44. The first-order chi connectivity index (χ1) is 5.12. The van der Waals surface area contributed by atoms with Gasteiger partial charge in [-0.2, -0.15) is 0 Å². The summed E-state index contributed by atoms with van der Waals surface area (Å²) < 4.78 is 31.1. The lowest BCUT2D eigenvalue weighted by atomic mass is 9.89. The fourth-order valence-corrected chi connectivity index (χ4v) is 1.44. The molecule has 0 unspecified atom stereocenters. The van der Waals surface area contributed by atoms with E-state index in [-0.39, 0.29) is 0 Å². The van der Waals surface area contributed by atoms with E-state index in [1.165, 1.54) is 0 Å². The van der Waals surface area contributed by atoms with Gasteiger partial charge in [-0.25, -0.2) is 8.78 Å². The molecule has 0 aliphatic heterocycles. The van der Waals surface area contributed by atoms with Crippen LogP contribution in [0.3, 0.4) is 0 Å². The van der Waals surface area contributed by atoms with Crippen LogP contribution >= 0.6 is 0 Å². The van der Waals surface area contributed by atoms with Gasteiger partial charge in [0.1, 0.15) is 0 Å². The van der Waals surface area contributed by atoms with Crippen LogP contribution in [0.5, 0.6) is 0 Å². The van der Waals surface area contributed by atoms with E-state index in [1.807, 2.05) is 0 Å². The molecule has 2 rings (SSSR count). The van der Waals surface area contributed by atoms with Crippen molar-refractivity contribution in [2.75, 3.05) is 0 Å². The Balaban J connectivity index is 1.88. The highest BCUT2D eigenvalue weighted by molar-refractivity contribution is 4.86. The van der Waals surface area contributed by atoms with E-state index in [9.17, 15) is 8.78 Å². The average Bonchev–Trinajstić information content (AvgIpc) is 1.81. The predicted molar refractivity (Wildman–Crippen MR) is 36.5 cm³/mol. The molecule has 0 spiro atoms.